The Labute approximate surface area is 111 Å². The van der Waals surface area contributed by atoms with Crippen molar-refractivity contribution < 1.29 is 27.9 Å². The first kappa shape index (κ1) is 15.9. The first-order valence-corrected chi connectivity index (χ1v) is 7.44. The summed E-state index contributed by atoms with van der Waals surface area (Å²) in [7, 11) is -3.76. The lowest BCUT2D eigenvalue weighted by Gasteiger charge is -2.29. The van der Waals surface area contributed by atoms with Gasteiger partial charge in [-0.2, -0.15) is 17.4 Å². The van der Waals surface area contributed by atoms with E-state index in [0.29, 0.717) is 0 Å². The predicted molar refractivity (Wildman–Crippen MR) is 65.5 cm³/mol. The minimum Gasteiger partial charge on any atom is -0.481 e. The molecule has 0 unspecified atom stereocenters. The second kappa shape index (κ2) is 6.83. The molecule has 1 aliphatic rings. The molecule has 19 heavy (non-hydrogen) atoms. The molecule has 0 aromatic heterocycles. The van der Waals surface area contributed by atoms with Crippen molar-refractivity contribution in [1.29, 1.82) is 0 Å². The molecule has 0 aliphatic carbocycles. The van der Waals surface area contributed by atoms with Crippen LogP contribution in [0.1, 0.15) is 19.8 Å². The summed E-state index contributed by atoms with van der Waals surface area (Å²) in [4.78, 5) is 21.8. The Hall–Kier alpha value is -1.19. The third-order valence-corrected chi connectivity index (χ3v) is 4.40. The average Bonchev–Trinajstić information content (AvgIpc) is 2.37. The maximum Gasteiger partial charge on any atom is 0.321 e. The number of carbonyl (C=O) groups excluding carboxylic acids is 1. The summed E-state index contributed by atoms with van der Waals surface area (Å²) in [5.74, 6) is -2.06. The normalized spacial score (nSPS) is 18.2. The number of hydrogen-bond acceptors (Lipinski definition) is 5. The van der Waals surface area contributed by atoms with Crippen molar-refractivity contribution in [3.05, 3.63) is 0 Å². The predicted octanol–water partition coefficient (Wildman–Crippen LogP) is -0.819. The molecule has 1 saturated heterocycles. The lowest BCUT2D eigenvalue weighted by atomic mass is 9.99. The molecule has 1 rings (SSSR count). The summed E-state index contributed by atoms with van der Waals surface area (Å²) in [6.07, 6.45) is 0.547. The van der Waals surface area contributed by atoms with Gasteiger partial charge in [-0.05, 0) is 19.8 Å². The van der Waals surface area contributed by atoms with Crippen molar-refractivity contribution >= 4 is 22.1 Å². The van der Waals surface area contributed by atoms with Gasteiger partial charge in [-0.1, -0.05) is 0 Å². The summed E-state index contributed by atoms with van der Waals surface area (Å²) in [6, 6.07) is 0. The summed E-state index contributed by atoms with van der Waals surface area (Å²) < 4.78 is 31.5. The van der Waals surface area contributed by atoms with Crippen LogP contribution in [0, 0.1) is 5.92 Å². The van der Waals surface area contributed by atoms with Crippen molar-refractivity contribution in [3.8, 4) is 0 Å². The smallest absolute Gasteiger partial charge is 0.321 e. The lowest BCUT2D eigenvalue weighted by molar-refractivity contribution is -0.143. The minimum atomic E-state index is -3.76. The monoisotopic (exact) mass is 294 g/mol. The molecule has 0 bridgehead atoms. The van der Waals surface area contributed by atoms with E-state index >= 15 is 0 Å². The third-order valence-electron chi connectivity index (χ3n) is 2.85. The number of aliphatic carboxylic acids is 1. The van der Waals surface area contributed by atoms with Crippen LogP contribution in [-0.2, 0) is 24.5 Å². The maximum absolute atomic E-state index is 11.8. The first-order chi connectivity index (χ1) is 8.86. The number of piperidine rings is 1. The molecule has 9 heteroatoms. The van der Waals surface area contributed by atoms with E-state index in [4.69, 9.17) is 5.11 Å². The standard InChI is InChI=1S/C10H18N2O6S/c1-2-18-9(13)7-11-19(16,17)12-5-3-8(4-6-12)10(14)15/h8,11H,2-7H2,1H3,(H,14,15). The Bertz CT molecular complexity index is 427. The van der Waals surface area contributed by atoms with Crippen LogP contribution >= 0.6 is 0 Å². The molecule has 110 valence electrons. The summed E-state index contributed by atoms with van der Waals surface area (Å²) >= 11 is 0. The van der Waals surface area contributed by atoms with E-state index in [1.165, 1.54) is 0 Å². The highest BCUT2D eigenvalue weighted by molar-refractivity contribution is 7.87. The Balaban J connectivity index is 2.46. The van der Waals surface area contributed by atoms with Gasteiger partial charge in [0.2, 0.25) is 0 Å². The van der Waals surface area contributed by atoms with Gasteiger partial charge in [-0.15, -0.1) is 0 Å². The van der Waals surface area contributed by atoms with Crippen LogP contribution in [-0.4, -0.2) is 56.0 Å². The van der Waals surface area contributed by atoms with E-state index in [0.717, 1.165) is 4.31 Å². The quantitative estimate of drug-likeness (QED) is 0.619. The van der Waals surface area contributed by atoms with E-state index in [-0.39, 0.29) is 32.5 Å². The highest BCUT2D eigenvalue weighted by atomic mass is 32.2. The van der Waals surface area contributed by atoms with Crippen molar-refractivity contribution in [1.82, 2.24) is 9.03 Å². The number of rotatable bonds is 6. The number of carbonyl (C=O) groups is 2. The summed E-state index contributed by atoms with van der Waals surface area (Å²) in [5.41, 5.74) is 0. The van der Waals surface area contributed by atoms with Crippen molar-refractivity contribution in [2.75, 3.05) is 26.2 Å². The number of carboxylic acid groups (broad SMARTS) is 1. The fourth-order valence-electron chi connectivity index (χ4n) is 1.80. The summed E-state index contributed by atoms with van der Waals surface area (Å²) in [6.45, 7) is 1.66. The fraction of sp³-hybridized carbons (Fsp3) is 0.800. The number of ether oxygens (including phenoxy) is 1. The van der Waals surface area contributed by atoms with E-state index < -0.39 is 34.6 Å². The second-order valence-corrected chi connectivity index (χ2v) is 5.90. The van der Waals surface area contributed by atoms with Gasteiger partial charge in [0.1, 0.15) is 6.54 Å². The zero-order chi connectivity index (χ0) is 14.5. The van der Waals surface area contributed by atoms with Crippen LogP contribution in [0.3, 0.4) is 0 Å². The largest absolute Gasteiger partial charge is 0.481 e. The van der Waals surface area contributed by atoms with Gasteiger partial charge in [0.05, 0.1) is 12.5 Å². The topological polar surface area (TPSA) is 113 Å². The Morgan fingerprint density at radius 2 is 1.95 bits per heavy atom. The Morgan fingerprint density at radius 1 is 1.37 bits per heavy atom. The van der Waals surface area contributed by atoms with E-state index in [1.54, 1.807) is 6.92 Å². The zero-order valence-electron chi connectivity index (χ0n) is 10.7. The van der Waals surface area contributed by atoms with Crippen LogP contribution in [0.4, 0.5) is 0 Å². The second-order valence-electron chi connectivity index (χ2n) is 4.14. The number of carboxylic acids is 1. The number of esters is 1. The molecule has 8 nitrogen and oxygen atoms in total. The lowest BCUT2D eigenvalue weighted by Crippen LogP contribution is -2.47. The molecule has 1 heterocycles. The Kier molecular flexibility index (Phi) is 5.70. The molecule has 1 aliphatic heterocycles. The van der Waals surface area contributed by atoms with Gasteiger partial charge in [0.25, 0.3) is 10.2 Å². The van der Waals surface area contributed by atoms with Crippen LogP contribution in [0.5, 0.6) is 0 Å². The molecule has 2 N–H and O–H groups in total. The van der Waals surface area contributed by atoms with Crippen LogP contribution in [0.15, 0.2) is 0 Å². The molecule has 0 spiro atoms. The highest BCUT2D eigenvalue weighted by Crippen LogP contribution is 2.18. The van der Waals surface area contributed by atoms with Gasteiger partial charge < -0.3 is 9.84 Å². The molecule has 0 saturated carbocycles. The highest BCUT2D eigenvalue weighted by Gasteiger charge is 2.31. The van der Waals surface area contributed by atoms with Gasteiger partial charge in [-0.25, -0.2) is 0 Å². The number of nitrogens with zero attached hydrogens (tertiary/aromatic N) is 1. The number of hydrogen-bond donors (Lipinski definition) is 2. The van der Waals surface area contributed by atoms with Crippen molar-refractivity contribution in [3.63, 3.8) is 0 Å². The van der Waals surface area contributed by atoms with Crippen molar-refractivity contribution in [2.45, 2.75) is 19.8 Å². The zero-order valence-corrected chi connectivity index (χ0v) is 11.5. The van der Waals surface area contributed by atoms with Gasteiger partial charge in [0.15, 0.2) is 0 Å². The van der Waals surface area contributed by atoms with Crippen LogP contribution in [0.2, 0.25) is 0 Å². The van der Waals surface area contributed by atoms with E-state index in [2.05, 4.69) is 9.46 Å². The van der Waals surface area contributed by atoms with E-state index in [9.17, 15) is 18.0 Å². The van der Waals surface area contributed by atoms with Gasteiger partial charge in [0, 0.05) is 13.1 Å². The minimum absolute atomic E-state index is 0.134. The first-order valence-electron chi connectivity index (χ1n) is 6.00. The molecule has 0 aromatic rings. The van der Waals surface area contributed by atoms with Crippen LogP contribution < -0.4 is 4.72 Å². The van der Waals surface area contributed by atoms with Gasteiger partial charge in [-0.3, -0.25) is 9.59 Å². The summed E-state index contributed by atoms with van der Waals surface area (Å²) in [5, 5.41) is 8.82. The Morgan fingerprint density at radius 3 is 2.42 bits per heavy atom. The van der Waals surface area contributed by atoms with Gasteiger partial charge >= 0.3 is 11.9 Å². The van der Waals surface area contributed by atoms with Crippen molar-refractivity contribution in [2.24, 2.45) is 5.92 Å². The molecular formula is C10H18N2O6S. The molecule has 0 radical (unpaired) electrons. The maximum atomic E-state index is 11.8. The van der Waals surface area contributed by atoms with Crippen LogP contribution in [0.25, 0.3) is 0 Å². The molecule has 0 amide bonds. The fourth-order valence-corrected chi connectivity index (χ4v) is 2.97. The average molecular weight is 294 g/mol. The molecule has 1 fully saturated rings. The molecule has 0 aromatic carbocycles. The van der Waals surface area contributed by atoms with E-state index in [1.807, 2.05) is 0 Å². The SMILES string of the molecule is CCOC(=O)CNS(=O)(=O)N1CCC(C(=O)O)CC1. The third kappa shape index (κ3) is 4.77. The molecule has 0 atom stereocenters. The molecular weight excluding hydrogens is 276 g/mol. The number of nitrogens with one attached hydrogen (secondary N) is 1.